The van der Waals surface area contributed by atoms with E-state index >= 15 is 0 Å². The maximum absolute atomic E-state index is 12.7. The molecular formula is C25H31N3O. The molecule has 1 aromatic rings. The molecule has 4 nitrogen and oxygen atoms in total. The summed E-state index contributed by atoms with van der Waals surface area (Å²) in [5, 5.41) is 0. The second kappa shape index (κ2) is 6.02. The van der Waals surface area contributed by atoms with Crippen LogP contribution in [0.1, 0.15) is 70.9 Å². The minimum absolute atomic E-state index is 0.177. The van der Waals surface area contributed by atoms with Gasteiger partial charge in [-0.15, -0.1) is 0 Å². The van der Waals surface area contributed by atoms with Crippen LogP contribution < -0.4 is 0 Å². The van der Waals surface area contributed by atoms with Gasteiger partial charge >= 0.3 is 0 Å². The van der Waals surface area contributed by atoms with Crippen molar-refractivity contribution in [2.75, 3.05) is 0 Å². The van der Waals surface area contributed by atoms with E-state index in [1.807, 2.05) is 12.4 Å². The van der Waals surface area contributed by atoms with Gasteiger partial charge in [0, 0.05) is 36.0 Å². The second-order valence-electron chi connectivity index (χ2n) is 10.5. The van der Waals surface area contributed by atoms with Gasteiger partial charge in [0.05, 0.1) is 11.9 Å². The van der Waals surface area contributed by atoms with Crippen LogP contribution in [0.3, 0.4) is 0 Å². The standard InChI is InChI=1S/C25H31N3O/c1-24-11-9-19-17(18(24)6-7-20(24)21-15-26-13-14-27-21)5-8-22-25(19,2)12-10-23(29)28(22)16-3-4-16/h7-8,13-19H,3-6,9-12H2,1-2H3/t17-,18-,19-,24-,25+/m0/s1. The van der Waals surface area contributed by atoms with E-state index in [1.165, 1.54) is 37.0 Å². The Morgan fingerprint density at radius 1 is 1.00 bits per heavy atom. The summed E-state index contributed by atoms with van der Waals surface area (Å²) in [5.41, 5.74) is 4.27. The molecule has 2 saturated carbocycles. The van der Waals surface area contributed by atoms with E-state index in [9.17, 15) is 4.79 Å². The number of hydrogen-bond donors (Lipinski definition) is 0. The molecule has 4 heteroatoms. The number of amides is 1. The zero-order chi connectivity index (χ0) is 19.8. The van der Waals surface area contributed by atoms with E-state index in [2.05, 4.69) is 40.9 Å². The van der Waals surface area contributed by atoms with Gasteiger partial charge in [-0.05, 0) is 73.7 Å². The number of carbonyl (C=O) groups excluding carboxylic acids is 1. The topological polar surface area (TPSA) is 46.1 Å². The molecule has 1 aromatic heterocycles. The van der Waals surface area contributed by atoms with Crippen molar-refractivity contribution in [3.63, 3.8) is 0 Å². The minimum atomic E-state index is 0.177. The molecule has 0 spiro atoms. The summed E-state index contributed by atoms with van der Waals surface area (Å²) >= 11 is 0. The summed E-state index contributed by atoms with van der Waals surface area (Å²) in [5.74, 6) is 2.47. The van der Waals surface area contributed by atoms with Crippen molar-refractivity contribution in [1.82, 2.24) is 14.9 Å². The maximum Gasteiger partial charge on any atom is 0.227 e. The highest BCUT2D eigenvalue weighted by atomic mass is 16.2. The van der Waals surface area contributed by atoms with Gasteiger partial charge in [0.15, 0.2) is 0 Å². The lowest BCUT2D eigenvalue weighted by molar-refractivity contribution is -0.137. The molecule has 0 radical (unpaired) electrons. The number of likely N-dealkylation sites (tertiary alicyclic amines) is 1. The van der Waals surface area contributed by atoms with Gasteiger partial charge in [0.2, 0.25) is 5.91 Å². The van der Waals surface area contributed by atoms with E-state index in [0.717, 1.165) is 31.4 Å². The van der Waals surface area contributed by atoms with Crippen LogP contribution in [0.2, 0.25) is 0 Å². The SMILES string of the molecule is C[C@]12CCC(=O)N(C3CC3)C1=CC[C@@H]1[C@@H]2CC[C@]2(C)C(c3cnccn3)=CC[C@@H]12. The van der Waals surface area contributed by atoms with Crippen molar-refractivity contribution in [3.8, 4) is 0 Å². The van der Waals surface area contributed by atoms with Crippen molar-refractivity contribution in [3.05, 3.63) is 42.1 Å². The number of piperidine rings is 1. The van der Waals surface area contributed by atoms with Crippen LogP contribution in [0.4, 0.5) is 0 Å². The Labute approximate surface area is 173 Å². The summed E-state index contributed by atoms with van der Waals surface area (Å²) in [7, 11) is 0. The highest BCUT2D eigenvalue weighted by Crippen LogP contribution is 2.66. The van der Waals surface area contributed by atoms with Crippen LogP contribution in [-0.2, 0) is 4.79 Å². The Morgan fingerprint density at radius 3 is 2.62 bits per heavy atom. The summed E-state index contributed by atoms with van der Waals surface area (Å²) in [6, 6.07) is 0.496. The molecule has 5 aliphatic rings. The van der Waals surface area contributed by atoms with Crippen LogP contribution in [0, 0.1) is 28.6 Å². The first-order valence-electron chi connectivity index (χ1n) is 11.5. The van der Waals surface area contributed by atoms with E-state index in [4.69, 9.17) is 0 Å². The predicted molar refractivity (Wildman–Crippen MR) is 112 cm³/mol. The quantitative estimate of drug-likeness (QED) is 0.716. The third-order valence-electron chi connectivity index (χ3n) is 9.14. The number of rotatable bonds is 2. The highest BCUT2D eigenvalue weighted by Gasteiger charge is 2.59. The number of aromatic nitrogens is 2. The summed E-state index contributed by atoms with van der Waals surface area (Å²) in [6.45, 7) is 4.95. The van der Waals surface area contributed by atoms with E-state index in [1.54, 1.807) is 6.20 Å². The van der Waals surface area contributed by atoms with Gasteiger partial charge in [0.25, 0.3) is 0 Å². The average molecular weight is 390 g/mol. The second-order valence-corrected chi connectivity index (χ2v) is 10.5. The van der Waals surface area contributed by atoms with E-state index < -0.39 is 0 Å². The molecule has 6 rings (SSSR count). The van der Waals surface area contributed by atoms with Crippen LogP contribution in [0.15, 0.2) is 36.4 Å². The zero-order valence-electron chi connectivity index (χ0n) is 17.6. The number of hydrogen-bond acceptors (Lipinski definition) is 3. The normalized spacial score (nSPS) is 41.2. The number of carbonyl (C=O) groups is 1. The van der Waals surface area contributed by atoms with Gasteiger partial charge in [-0.2, -0.15) is 0 Å². The molecule has 4 aliphatic carbocycles. The molecule has 0 unspecified atom stereocenters. The first-order chi connectivity index (χ1) is 14.0. The van der Waals surface area contributed by atoms with Crippen LogP contribution in [0.5, 0.6) is 0 Å². The lowest BCUT2D eigenvalue weighted by Crippen LogP contribution is -2.54. The van der Waals surface area contributed by atoms with Crippen molar-refractivity contribution in [1.29, 1.82) is 0 Å². The largest absolute Gasteiger partial charge is 0.313 e. The Balaban J connectivity index is 1.35. The van der Waals surface area contributed by atoms with Crippen LogP contribution >= 0.6 is 0 Å². The van der Waals surface area contributed by atoms with Crippen molar-refractivity contribution in [2.24, 2.45) is 28.6 Å². The maximum atomic E-state index is 12.7. The summed E-state index contributed by atoms with van der Waals surface area (Å²) < 4.78 is 0. The predicted octanol–water partition coefficient (Wildman–Crippen LogP) is 4.99. The molecule has 1 saturated heterocycles. The fraction of sp³-hybridized carbons (Fsp3) is 0.640. The zero-order valence-corrected chi connectivity index (χ0v) is 17.6. The summed E-state index contributed by atoms with van der Waals surface area (Å²) in [4.78, 5) is 23.9. The molecule has 3 fully saturated rings. The number of fused-ring (bicyclic) bond motifs is 5. The monoisotopic (exact) mass is 389 g/mol. The van der Waals surface area contributed by atoms with Crippen LogP contribution in [-0.4, -0.2) is 26.8 Å². The van der Waals surface area contributed by atoms with Crippen molar-refractivity contribution >= 4 is 11.5 Å². The molecule has 5 atom stereocenters. The van der Waals surface area contributed by atoms with Crippen molar-refractivity contribution < 1.29 is 4.79 Å². The highest BCUT2D eigenvalue weighted by molar-refractivity contribution is 5.81. The Bertz CT molecular complexity index is 917. The van der Waals surface area contributed by atoms with Gasteiger partial charge in [-0.3, -0.25) is 14.8 Å². The first kappa shape index (κ1) is 17.9. The van der Waals surface area contributed by atoms with Gasteiger partial charge in [-0.25, -0.2) is 0 Å². The molecule has 2 heterocycles. The van der Waals surface area contributed by atoms with Crippen molar-refractivity contribution in [2.45, 2.75) is 71.3 Å². The van der Waals surface area contributed by atoms with Gasteiger partial charge < -0.3 is 4.90 Å². The molecule has 29 heavy (non-hydrogen) atoms. The lowest BCUT2D eigenvalue weighted by atomic mass is 9.49. The molecule has 1 amide bonds. The smallest absolute Gasteiger partial charge is 0.227 e. The molecule has 0 N–H and O–H groups in total. The third kappa shape index (κ3) is 2.41. The van der Waals surface area contributed by atoms with Gasteiger partial charge in [-0.1, -0.05) is 26.0 Å². The first-order valence-corrected chi connectivity index (χ1v) is 11.5. The molecule has 152 valence electrons. The molecule has 0 bridgehead atoms. The van der Waals surface area contributed by atoms with Gasteiger partial charge in [0.1, 0.15) is 0 Å². The third-order valence-corrected chi connectivity index (χ3v) is 9.14. The Kier molecular flexibility index (Phi) is 3.71. The van der Waals surface area contributed by atoms with E-state index in [-0.39, 0.29) is 10.8 Å². The van der Waals surface area contributed by atoms with E-state index in [0.29, 0.717) is 29.7 Å². The fourth-order valence-corrected chi connectivity index (χ4v) is 7.52. The minimum Gasteiger partial charge on any atom is -0.313 e. The molecule has 0 aromatic carbocycles. The number of allylic oxidation sites excluding steroid dienone is 4. The fourth-order valence-electron chi connectivity index (χ4n) is 7.52. The lowest BCUT2D eigenvalue weighted by Gasteiger charge is -2.58. The average Bonchev–Trinajstić information content (AvgIpc) is 3.49. The number of nitrogens with zero attached hydrogens (tertiary/aromatic N) is 3. The Morgan fingerprint density at radius 2 is 1.86 bits per heavy atom. The van der Waals surface area contributed by atoms with Crippen LogP contribution in [0.25, 0.3) is 5.57 Å². The molecule has 1 aliphatic heterocycles. The molecular weight excluding hydrogens is 358 g/mol. The Hall–Kier alpha value is -1.97. The summed E-state index contributed by atoms with van der Waals surface area (Å²) in [6.07, 6.45) is 19.4.